The van der Waals surface area contributed by atoms with Crippen molar-refractivity contribution in [3.8, 4) is 5.75 Å². The molecule has 0 saturated carbocycles. The molecular formula is C27H34N6O5. The number of rotatable bonds is 8. The third-order valence-electron chi connectivity index (χ3n) is 6.68. The molecule has 2 fully saturated rings. The van der Waals surface area contributed by atoms with Gasteiger partial charge in [0.2, 0.25) is 23.6 Å². The quantitative estimate of drug-likeness (QED) is 0.475. The zero-order valence-corrected chi connectivity index (χ0v) is 21.7. The van der Waals surface area contributed by atoms with Crippen molar-refractivity contribution in [1.82, 2.24) is 15.1 Å². The molecule has 0 radical (unpaired) electrons. The number of ether oxygens (including phenoxy) is 1. The Balaban J connectivity index is 1.31. The summed E-state index contributed by atoms with van der Waals surface area (Å²) in [6.07, 6.45) is -0.146. The fraction of sp³-hybridized carbons (Fsp3) is 0.407. The molecule has 0 bridgehead atoms. The van der Waals surface area contributed by atoms with E-state index < -0.39 is 6.04 Å². The maximum Gasteiger partial charge on any atom is 0.243 e. The van der Waals surface area contributed by atoms with Gasteiger partial charge in [-0.15, -0.1) is 0 Å². The van der Waals surface area contributed by atoms with Crippen LogP contribution in [0, 0.1) is 0 Å². The SMILES string of the molecule is COc1ccccc1N1CCN(CC(=O)N2CCNC(=O)C2CC(=O)Nc2ccc(NC(C)=O)cc2)CC1. The number of carbonyl (C=O) groups is 4. The normalized spacial score (nSPS) is 17.9. The summed E-state index contributed by atoms with van der Waals surface area (Å²) in [5.74, 6) is -0.235. The van der Waals surface area contributed by atoms with Crippen LogP contribution in [0.15, 0.2) is 48.5 Å². The third-order valence-corrected chi connectivity index (χ3v) is 6.68. The number of hydrogen-bond acceptors (Lipinski definition) is 7. The predicted molar refractivity (Wildman–Crippen MR) is 144 cm³/mol. The molecule has 0 spiro atoms. The third kappa shape index (κ3) is 6.80. The standard InChI is InChI=1S/C27H34N6O5/c1-19(34)29-20-7-9-21(10-8-20)30-25(35)17-23-27(37)28-11-12-33(23)26(36)18-31-13-15-32(16-14-31)22-5-3-4-6-24(22)38-2/h3-10,23H,11-18H2,1-2H3,(H,28,37)(H,29,34)(H,30,35). The highest BCUT2D eigenvalue weighted by Crippen LogP contribution is 2.28. The van der Waals surface area contributed by atoms with Crippen molar-refractivity contribution in [2.75, 3.05) is 68.5 Å². The Morgan fingerprint density at radius 3 is 2.26 bits per heavy atom. The number of nitrogens with zero attached hydrogens (tertiary/aromatic N) is 3. The summed E-state index contributed by atoms with van der Waals surface area (Å²) in [5, 5.41) is 8.19. The van der Waals surface area contributed by atoms with Crippen LogP contribution in [0.5, 0.6) is 5.75 Å². The van der Waals surface area contributed by atoms with Gasteiger partial charge in [0.15, 0.2) is 0 Å². The largest absolute Gasteiger partial charge is 0.495 e. The second-order valence-corrected chi connectivity index (χ2v) is 9.34. The van der Waals surface area contributed by atoms with Gasteiger partial charge in [-0.25, -0.2) is 0 Å². The highest BCUT2D eigenvalue weighted by Gasteiger charge is 2.35. The second-order valence-electron chi connectivity index (χ2n) is 9.34. The molecule has 4 rings (SSSR count). The van der Waals surface area contributed by atoms with Gasteiger partial charge in [0.1, 0.15) is 11.8 Å². The van der Waals surface area contributed by atoms with Gasteiger partial charge in [0, 0.05) is 57.6 Å². The summed E-state index contributed by atoms with van der Waals surface area (Å²) in [4.78, 5) is 55.6. The molecule has 2 aliphatic heterocycles. The number of para-hydroxylation sites is 2. The lowest BCUT2D eigenvalue weighted by Crippen LogP contribution is -2.60. The Bertz CT molecular complexity index is 1160. The van der Waals surface area contributed by atoms with Gasteiger partial charge < -0.3 is 30.5 Å². The Morgan fingerprint density at radius 2 is 1.61 bits per heavy atom. The van der Waals surface area contributed by atoms with Crippen LogP contribution in [0.1, 0.15) is 13.3 Å². The van der Waals surface area contributed by atoms with E-state index in [0.29, 0.717) is 37.6 Å². The molecule has 3 N–H and O–H groups in total. The van der Waals surface area contributed by atoms with Gasteiger partial charge in [-0.05, 0) is 36.4 Å². The van der Waals surface area contributed by atoms with E-state index in [-0.39, 0.29) is 36.6 Å². The van der Waals surface area contributed by atoms with Crippen molar-refractivity contribution in [1.29, 1.82) is 0 Å². The van der Waals surface area contributed by atoms with Gasteiger partial charge in [-0.3, -0.25) is 24.1 Å². The van der Waals surface area contributed by atoms with Gasteiger partial charge in [-0.1, -0.05) is 12.1 Å². The van der Waals surface area contributed by atoms with E-state index in [1.807, 2.05) is 24.3 Å². The van der Waals surface area contributed by atoms with Crippen LogP contribution >= 0.6 is 0 Å². The molecule has 2 aromatic carbocycles. The van der Waals surface area contributed by atoms with Crippen LogP contribution in [-0.2, 0) is 19.2 Å². The molecule has 11 heteroatoms. The lowest BCUT2D eigenvalue weighted by molar-refractivity contribution is -0.145. The molecule has 2 aromatic rings. The van der Waals surface area contributed by atoms with E-state index >= 15 is 0 Å². The Hall–Kier alpha value is -4.12. The van der Waals surface area contributed by atoms with Crippen LogP contribution in [0.25, 0.3) is 0 Å². The van der Waals surface area contributed by atoms with Crippen molar-refractivity contribution in [3.05, 3.63) is 48.5 Å². The number of carbonyl (C=O) groups excluding carboxylic acids is 4. The molecule has 2 saturated heterocycles. The smallest absolute Gasteiger partial charge is 0.243 e. The second kappa shape index (κ2) is 12.4. The van der Waals surface area contributed by atoms with Gasteiger partial charge in [0.25, 0.3) is 0 Å². The van der Waals surface area contributed by atoms with Crippen molar-refractivity contribution in [3.63, 3.8) is 0 Å². The molecule has 4 amide bonds. The molecule has 2 aliphatic rings. The maximum absolute atomic E-state index is 13.2. The van der Waals surface area contributed by atoms with E-state index in [1.54, 1.807) is 31.4 Å². The molecule has 11 nitrogen and oxygen atoms in total. The van der Waals surface area contributed by atoms with Crippen molar-refractivity contribution in [2.45, 2.75) is 19.4 Å². The first-order chi connectivity index (χ1) is 18.3. The topological polar surface area (TPSA) is 123 Å². The number of benzene rings is 2. The molecule has 1 unspecified atom stereocenters. The lowest BCUT2D eigenvalue weighted by Gasteiger charge is -2.39. The molecular weight excluding hydrogens is 488 g/mol. The average molecular weight is 523 g/mol. The van der Waals surface area contributed by atoms with E-state index in [2.05, 4.69) is 25.8 Å². The minimum atomic E-state index is -0.871. The Morgan fingerprint density at radius 1 is 0.947 bits per heavy atom. The molecule has 0 aromatic heterocycles. The van der Waals surface area contributed by atoms with E-state index in [9.17, 15) is 19.2 Å². The first-order valence-electron chi connectivity index (χ1n) is 12.7. The highest BCUT2D eigenvalue weighted by atomic mass is 16.5. The number of piperazine rings is 2. The Kier molecular flexibility index (Phi) is 8.80. The minimum absolute atomic E-state index is 0.146. The molecule has 202 valence electrons. The van der Waals surface area contributed by atoms with Crippen LogP contribution in [0.3, 0.4) is 0 Å². The number of amides is 4. The predicted octanol–water partition coefficient (Wildman–Crippen LogP) is 1.13. The fourth-order valence-corrected chi connectivity index (χ4v) is 4.76. The monoisotopic (exact) mass is 522 g/mol. The Labute approximate surface area is 222 Å². The summed E-state index contributed by atoms with van der Waals surface area (Å²) in [6.45, 7) is 5.22. The number of methoxy groups -OCH3 is 1. The van der Waals surface area contributed by atoms with Gasteiger partial charge in [0.05, 0.1) is 25.8 Å². The van der Waals surface area contributed by atoms with Crippen molar-refractivity contribution < 1.29 is 23.9 Å². The molecule has 38 heavy (non-hydrogen) atoms. The van der Waals surface area contributed by atoms with Crippen molar-refractivity contribution >= 4 is 40.7 Å². The van der Waals surface area contributed by atoms with E-state index in [4.69, 9.17) is 4.74 Å². The highest BCUT2D eigenvalue weighted by molar-refractivity contribution is 5.98. The van der Waals surface area contributed by atoms with E-state index in [1.165, 1.54) is 11.8 Å². The lowest BCUT2D eigenvalue weighted by atomic mass is 10.1. The van der Waals surface area contributed by atoms with Crippen LogP contribution in [-0.4, -0.2) is 92.4 Å². The maximum atomic E-state index is 13.2. The van der Waals surface area contributed by atoms with Crippen LogP contribution in [0.2, 0.25) is 0 Å². The summed E-state index contributed by atoms with van der Waals surface area (Å²) in [7, 11) is 1.66. The van der Waals surface area contributed by atoms with Crippen molar-refractivity contribution in [2.24, 2.45) is 0 Å². The van der Waals surface area contributed by atoms with E-state index in [0.717, 1.165) is 24.5 Å². The zero-order valence-electron chi connectivity index (χ0n) is 21.7. The first-order valence-corrected chi connectivity index (χ1v) is 12.7. The first kappa shape index (κ1) is 26.9. The summed E-state index contributed by atoms with van der Waals surface area (Å²) in [6, 6.07) is 13.7. The summed E-state index contributed by atoms with van der Waals surface area (Å²) in [5.41, 5.74) is 2.18. The van der Waals surface area contributed by atoms with Gasteiger partial charge >= 0.3 is 0 Å². The molecule has 2 heterocycles. The number of nitrogens with one attached hydrogen (secondary N) is 3. The minimum Gasteiger partial charge on any atom is -0.495 e. The number of anilines is 3. The zero-order chi connectivity index (χ0) is 27.1. The number of hydrogen-bond donors (Lipinski definition) is 3. The molecule has 0 aliphatic carbocycles. The van der Waals surface area contributed by atoms with Crippen LogP contribution < -0.4 is 25.6 Å². The summed E-state index contributed by atoms with van der Waals surface area (Å²) >= 11 is 0. The average Bonchev–Trinajstić information content (AvgIpc) is 2.91. The fourth-order valence-electron chi connectivity index (χ4n) is 4.76. The van der Waals surface area contributed by atoms with Crippen LogP contribution in [0.4, 0.5) is 17.1 Å². The van der Waals surface area contributed by atoms with Gasteiger partial charge in [-0.2, -0.15) is 0 Å². The molecule has 1 atom stereocenters. The summed E-state index contributed by atoms with van der Waals surface area (Å²) < 4.78 is 5.48.